The maximum Gasteiger partial charge on any atom is 0.269 e. The van der Waals surface area contributed by atoms with Crippen LogP contribution < -0.4 is 5.32 Å². The van der Waals surface area contributed by atoms with E-state index in [0.717, 1.165) is 23.7 Å². The molecule has 1 aromatic carbocycles. The highest BCUT2D eigenvalue weighted by atomic mass is 16.1. The topological polar surface area (TPSA) is 57.8 Å². The average molecular weight is 307 g/mol. The summed E-state index contributed by atoms with van der Waals surface area (Å²) in [4.78, 5) is 12.3. The number of hydrogen-bond donors (Lipinski definition) is 2. The Labute approximate surface area is 136 Å². The van der Waals surface area contributed by atoms with Crippen LogP contribution in [-0.2, 0) is 0 Å². The minimum absolute atomic E-state index is 0.0670. The molecule has 1 saturated carbocycles. The van der Waals surface area contributed by atoms with Crippen molar-refractivity contribution in [2.45, 2.75) is 19.8 Å². The fourth-order valence-electron chi connectivity index (χ4n) is 3.76. The molecule has 1 amide bonds. The Bertz CT molecular complexity index is 744. The molecular weight excluding hydrogens is 286 g/mol. The van der Waals surface area contributed by atoms with Crippen molar-refractivity contribution in [2.24, 2.45) is 17.8 Å². The van der Waals surface area contributed by atoms with E-state index in [0.29, 0.717) is 17.5 Å². The lowest BCUT2D eigenvalue weighted by atomic mass is 9.93. The van der Waals surface area contributed by atoms with Crippen LogP contribution in [0.3, 0.4) is 0 Å². The van der Waals surface area contributed by atoms with Crippen LogP contribution in [0.2, 0.25) is 0 Å². The predicted octanol–water partition coefficient (Wildman–Crippen LogP) is 3.33. The number of benzene rings is 1. The second kappa shape index (κ2) is 5.69. The molecule has 3 atom stereocenters. The number of carbonyl (C=O) groups excluding carboxylic acids is 1. The summed E-state index contributed by atoms with van der Waals surface area (Å²) in [6.07, 6.45) is 7.11. The zero-order valence-corrected chi connectivity index (χ0v) is 13.3. The smallest absolute Gasteiger partial charge is 0.269 e. The van der Waals surface area contributed by atoms with E-state index in [1.807, 2.05) is 30.3 Å². The molecule has 4 rings (SSSR count). The Hall–Kier alpha value is -2.36. The van der Waals surface area contributed by atoms with E-state index < -0.39 is 0 Å². The first kappa shape index (κ1) is 14.2. The Morgan fingerprint density at radius 2 is 2.09 bits per heavy atom. The van der Waals surface area contributed by atoms with Gasteiger partial charge < -0.3 is 5.32 Å². The van der Waals surface area contributed by atoms with Crippen LogP contribution in [0.1, 0.15) is 28.9 Å². The van der Waals surface area contributed by atoms with Gasteiger partial charge in [-0.2, -0.15) is 5.10 Å². The molecule has 23 heavy (non-hydrogen) atoms. The number of rotatable bonds is 4. The minimum atomic E-state index is -0.0670. The number of aromatic nitrogens is 2. The highest BCUT2D eigenvalue weighted by Gasteiger charge is 2.35. The van der Waals surface area contributed by atoms with Crippen LogP contribution >= 0.6 is 0 Å². The van der Waals surface area contributed by atoms with Crippen LogP contribution in [0, 0.1) is 24.7 Å². The second-order valence-corrected chi connectivity index (χ2v) is 6.78. The monoisotopic (exact) mass is 307 g/mol. The fourth-order valence-corrected chi connectivity index (χ4v) is 3.76. The molecule has 0 spiro atoms. The summed E-state index contributed by atoms with van der Waals surface area (Å²) in [5, 5.41) is 10.2. The number of nitrogens with one attached hydrogen (secondary N) is 2. The first-order valence-electron chi connectivity index (χ1n) is 8.28. The van der Waals surface area contributed by atoms with Gasteiger partial charge in [0.2, 0.25) is 0 Å². The Balaban J connectivity index is 1.39. The molecule has 1 aromatic heterocycles. The molecule has 118 valence electrons. The number of aryl methyl sites for hydroxylation is 1. The molecule has 1 fully saturated rings. The lowest BCUT2D eigenvalue weighted by Crippen LogP contribution is -2.31. The van der Waals surface area contributed by atoms with Gasteiger partial charge in [0.1, 0.15) is 5.69 Å². The maximum atomic E-state index is 12.3. The van der Waals surface area contributed by atoms with E-state index in [2.05, 4.69) is 34.6 Å². The summed E-state index contributed by atoms with van der Waals surface area (Å²) >= 11 is 0. The van der Waals surface area contributed by atoms with Gasteiger partial charge in [0.25, 0.3) is 5.91 Å². The molecule has 2 aliphatic rings. The number of nitrogens with zero attached hydrogens (tertiary/aromatic N) is 1. The normalized spacial score (nSPS) is 25.0. The molecule has 2 aromatic rings. The van der Waals surface area contributed by atoms with Crippen LogP contribution in [0.4, 0.5) is 0 Å². The Morgan fingerprint density at radius 3 is 2.78 bits per heavy atom. The summed E-state index contributed by atoms with van der Waals surface area (Å²) < 4.78 is 0. The lowest BCUT2D eigenvalue weighted by Gasteiger charge is -2.18. The van der Waals surface area contributed by atoms with Crippen molar-refractivity contribution in [3.63, 3.8) is 0 Å². The number of allylic oxidation sites excluding steroid dienone is 2. The SMILES string of the molecule is Cc1ccc(-c2cc(C(=O)NC[C@@H]3C[C@@H]4C=C[C@H]3C4)[nH]n2)cc1. The van der Waals surface area contributed by atoms with Crippen LogP contribution in [0.5, 0.6) is 0 Å². The Morgan fingerprint density at radius 1 is 1.26 bits per heavy atom. The van der Waals surface area contributed by atoms with Gasteiger partial charge in [-0.05, 0) is 43.6 Å². The van der Waals surface area contributed by atoms with Crippen molar-refractivity contribution in [3.05, 3.63) is 53.7 Å². The van der Waals surface area contributed by atoms with Gasteiger partial charge >= 0.3 is 0 Å². The maximum absolute atomic E-state index is 12.3. The van der Waals surface area contributed by atoms with E-state index in [-0.39, 0.29) is 5.91 Å². The second-order valence-electron chi connectivity index (χ2n) is 6.78. The number of carbonyl (C=O) groups is 1. The van der Waals surface area contributed by atoms with Gasteiger partial charge in [-0.25, -0.2) is 0 Å². The third-order valence-electron chi connectivity index (χ3n) is 5.11. The Kier molecular flexibility index (Phi) is 3.52. The summed E-state index contributed by atoms with van der Waals surface area (Å²) in [6, 6.07) is 9.96. The largest absolute Gasteiger partial charge is 0.350 e. The number of hydrogen-bond acceptors (Lipinski definition) is 2. The van der Waals surface area contributed by atoms with Crippen molar-refractivity contribution >= 4 is 5.91 Å². The molecule has 4 nitrogen and oxygen atoms in total. The molecule has 2 N–H and O–H groups in total. The number of fused-ring (bicyclic) bond motifs is 2. The van der Waals surface area contributed by atoms with Gasteiger partial charge in [-0.3, -0.25) is 9.89 Å². The van der Waals surface area contributed by atoms with Crippen molar-refractivity contribution in [1.82, 2.24) is 15.5 Å². The number of H-pyrrole nitrogens is 1. The van der Waals surface area contributed by atoms with Gasteiger partial charge in [-0.1, -0.05) is 42.0 Å². The van der Waals surface area contributed by atoms with E-state index >= 15 is 0 Å². The molecule has 0 radical (unpaired) electrons. The molecule has 1 heterocycles. The van der Waals surface area contributed by atoms with Crippen molar-refractivity contribution in [1.29, 1.82) is 0 Å². The van der Waals surface area contributed by atoms with Crippen LogP contribution in [0.15, 0.2) is 42.5 Å². The van der Waals surface area contributed by atoms with E-state index in [4.69, 9.17) is 0 Å². The van der Waals surface area contributed by atoms with Crippen LogP contribution in [-0.4, -0.2) is 22.6 Å². The predicted molar refractivity (Wildman–Crippen MR) is 89.9 cm³/mol. The zero-order valence-electron chi connectivity index (χ0n) is 13.3. The first-order chi connectivity index (χ1) is 11.2. The summed E-state index contributed by atoms with van der Waals surface area (Å²) in [7, 11) is 0. The lowest BCUT2D eigenvalue weighted by molar-refractivity contribution is 0.0940. The quantitative estimate of drug-likeness (QED) is 0.851. The molecule has 0 unspecified atom stereocenters. The molecule has 4 heteroatoms. The molecule has 2 bridgehead atoms. The van der Waals surface area contributed by atoms with Gasteiger partial charge in [-0.15, -0.1) is 0 Å². The number of aromatic amines is 1. The average Bonchev–Trinajstić information content (AvgIpc) is 3.29. The van der Waals surface area contributed by atoms with Gasteiger partial charge in [0.05, 0.1) is 5.69 Å². The van der Waals surface area contributed by atoms with E-state index in [1.54, 1.807) is 0 Å². The third-order valence-corrected chi connectivity index (χ3v) is 5.11. The zero-order chi connectivity index (χ0) is 15.8. The molecule has 0 saturated heterocycles. The highest BCUT2D eigenvalue weighted by molar-refractivity contribution is 5.93. The molecule has 2 aliphatic carbocycles. The van der Waals surface area contributed by atoms with Crippen molar-refractivity contribution in [3.8, 4) is 11.3 Å². The van der Waals surface area contributed by atoms with Crippen LogP contribution in [0.25, 0.3) is 11.3 Å². The summed E-state index contributed by atoms with van der Waals surface area (Å²) in [5.41, 5.74) is 3.56. The van der Waals surface area contributed by atoms with Crippen molar-refractivity contribution < 1.29 is 4.79 Å². The third kappa shape index (κ3) is 2.81. The molecular formula is C19H21N3O. The number of amides is 1. The highest BCUT2D eigenvalue weighted by Crippen LogP contribution is 2.42. The molecule has 0 aliphatic heterocycles. The van der Waals surface area contributed by atoms with E-state index in [1.165, 1.54) is 18.4 Å². The summed E-state index contributed by atoms with van der Waals surface area (Å²) in [6.45, 7) is 2.81. The van der Waals surface area contributed by atoms with E-state index in [9.17, 15) is 4.79 Å². The van der Waals surface area contributed by atoms with Crippen molar-refractivity contribution in [2.75, 3.05) is 6.54 Å². The fraction of sp³-hybridized carbons (Fsp3) is 0.368. The van der Waals surface area contributed by atoms with Gasteiger partial charge in [0, 0.05) is 12.1 Å². The summed E-state index contributed by atoms with van der Waals surface area (Å²) in [5.74, 6) is 1.92. The minimum Gasteiger partial charge on any atom is -0.350 e. The first-order valence-corrected chi connectivity index (χ1v) is 8.28. The van der Waals surface area contributed by atoms with Gasteiger partial charge in [0.15, 0.2) is 0 Å². The standard InChI is InChI=1S/C19H21N3O/c1-12-2-5-14(6-3-12)17-10-18(22-21-17)19(23)20-11-16-9-13-4-7-15(16)8-13/h2-7,10,13,15-16H,8-9,11H2,1H3,(H,20,23)(H,21,22)/t13-,15+,16+/m1/s1.